The summed E-state index contributed by atoms with van der Waals surface area (Å²) < 4.78 is 2.60. The van der Waals surface area contributed by atoms with Crippen LogP contribution in [0, 0.1) is 0 Å². The van der Waals surface area contributed by atoms with Gasteiger partial charge in [-0.05, 0) is 132 Å². The number of anilines is 3. The van der Waals surface area contributed by atoms with Crippen molar-refractivity contribution in [2.24, 2.45) is 0 Å². The number of fused-ring (bicyclic) bond motifs is 9. The highest BCUT2D eigenvalue weighted by Crippen LogP contribution is 2.59. The number of hydrogen-bond acceptors (Lipinski definition) is 2. The first-order valence-corrected chi connectivity index (χ1v) is 25.1. The smallest absolute Gasteiger partial charge is 0.0713 e. The first-order chi connectivity index (χ1) is 34.7. The molecule has 70 heavy (non-hydrogen) atoms. The van der Waals surface area contributed by atoms with Gasteiger partial charge in [-0.1, -0.05) is 218 Å². The lowest BCUT2D eigenvalue weighted by atomic mass is 9.67. The first kappa shape index (κ1) is 40.5. The zero-order valence-electron chi connectivity index (χ0n) is 38.3. The average Bonchev–Trinajstić information content (AvgIpc) is 4.07. The normalized spacial score (nSPS) is 13.7. The van der Waals surface area contributed by atoms with Crippen LogP contribution < -0.4 is 4.90 Å². The summed E-state index contributed by atoms with van der Waals surface area (Å²) in [6.45, 7) is 0. The number of benzene rings is 11. The number of thiophene rings is 1. The molecule has 14 rings (SSSR count). The van der Waals surface area contributed by atoms with Gasteiger partial charge in [0.1, 0.15) is 0 Å². The van der Waals surface area contributed by atoms with E-state index in [9.17, 15) is 0 Å². The Kier molecular flexibility index (Phi) is 9.27. The second-order valence-corrected chi connectivity index (χ2v) is 19.8. The minimum atomic E-state index is -0.468. The molecule has 0 fully saturated rings. The van der Waals surface area contributed by atoms with E-state index in [1.165, 1.54) is 98.1 Å². The van der Waals surface area contributed by atoms with Crippen molar-refractivity contribution in [2.75, 3.05) is 4.90 Å². The van der Waals surface area contributed by atoms with Crippen molar-refractivity contribution in [3.63, 3.8) is 0 Å². The standard InChI is InChI=1S/C68H45NS/c1-5-19-48(20-6-1)67(49-21-7-2-8-22-49)62-31-17-14-28-56(62)59-44-53(38-41-63(59)67)69(54-39-42-66-60(45-54)58-29-15-18-32-65(58)70-66)52-36-33-46(34-37-52)47-35-40-57-55-27-13-16-30-61(55)68(64(57)43-47,50-23-9-3-10-24-50)51-25-11-4-12-26-51/h1-45H. The number of rotatable bonds is 8. The lowest BCUT2D eigenvalue weighted by Crippen LogP contribution is -2.28. The van der Waals surface area contributed by atoms with Crippen LogP contribution in [-0.2, 0) is 10.8 Å². The third-order valence-corrected chi connectivity index (χ3v) is 16.4. The van der Waals surface area contributed by atoms with Crippen LogP contribution in [0.1, 0.15) is 44.5 Å². The van der Waals surface area contributed by atoms with Crippen LogP contribution in [-0.4, -0.2) is 0 Å². The highest BCUT2D eigenvalue weighted by atomic mass is 32.1. The Balaban J connectivity index is 0.942. The zero-order chi connectivity index (χ0) is 46.2. The van der Waals surface area contributed by atoms with Gasteiger partial charge in [0.2, 0.25) is 0 Å². The molecule has 2 aliphatic carbocycles. The quantitative estimate of drug-likeness (QED) is 0.147. The molecule has 0 radical (unpaired) electrons. The minimum absolute atomic E-state index is 0.462. The molecular formula is C68H45NS. The number of hydrogen-bond donors (Lipinski definition) is 0. The van der Waals surface area contributed by atoms with Gasteiger partial charge in [0, 0.05) is 37.2 Å². The van der Waals surface area contributed by atoms with E-state index >= 15 is 0 Å². The van der Waals surface area contributed by atoms with Crippen LogP contribution in [0.2, 0.25) is 0 Å². The van der Waals surface area contributed by atoms with Crippen LogP contribution >= 0.6 is 11.3 Å². The Morgan fingerprint density at radius 2 is 0.686 bits per heavy atom. The maximum Gasteiger partial charge on any atom is 0.0713 e. The maximum atomic E-state index is 2.46. The summed E-state index contributed by atoms with van der Waals surface area (Å²) in [5, 5.41) is 2.57. The van der Waals surface area contributed by atoms with Crippen molar-refractivity contribution in [1.29, 1.82) is 0 Å². The van der Waals surface area contributed by atoms with E-state index in [0.717, 1.165) is 17.1 Å². The van der Waals surface area contributed by atoms with Gasteiger partial charge in [0.05, 0.1) is 10.8 Å². The molecule has 0 saturated carbocycles. The topological polar surface area (TPSA) is 3.24 Å². The molecule has 0 aliphatic heterocycles. The summed E-state index contributed by atoms with van der Waals surface area (Å²) in [6.07, 6.45) is 0. The summed E-state index contributed by atoms with van der Waals surface area (Å²) in [6, 6.07) is 102. The Labute approximate surface area is 412 Å². The number of nitrogens with zero attached hydrogens (tertiary/aromatic N) is 1. The average molecular weight is 908 g/mol. The highest BCUT2D eigenvalue weighted by molar-refractivity contribution is 7.25. The Hall–Kier alpha value is -8.56. The zero-order valence-corrected chi connectivity index (χ0v) is 39.2. The summed E-state index contributed by atoms with van der Waals surface area (Å²) in [7, 11) is 0. The van der Waals surface area contributed by atoms with Crippen LogP contribution in [0.3, 0.4) is 0 Å². The van der Waals surface area contributed by atoms with Crippen LogP contribution in [0.4, 0.5) is 17.1 Å². The third kappa shape index (κ3) is 5.90. The molecule has 0 spiro atoms. The Morgan fingerprint density at radius 3 is 1.30 bits per heavy atom. The molecule has 11 aromatic carbocycles. The lowest BCUT2D eigenvalue weighted by molar-refractivity contribution is 0.768. The molecule has 0 amide bonds. The Morgan fingerprint density at radius 1 is 0.257 bits per heavy atom. The second kappa shape index (κ2) is 16.0. The molecule has 1 nitrogen and oxygen atoms in total. The fraction of sp³-hybridized carbons (Fsp3) is 0.0294. The molecule has 0 atom stereocenters. The van der Waals surface area contributed by atoms with Crippen molar-refractivity contribution >= 4 is 48.6 Å². The minimum Gasteiger partial charge on any atom is -0.310 e. The highest BCUT2D eigenvalue weighted by Gasteiger charge is 2.47. The molecule has 328 valence electrons. The predicted octanol–water partition coefficient (Wildman–Crippen LogP) is 17.9. The summed E-state index contributed by atoms with van der Waals surface area (Å²) >= 11 is 1.86. The second-order valence-electron chi connectivity index (χ2n) is 18.7. The van der Waals surface area contributed by atoms with E-state index in [-0.39, 0.29) is 0 Å². The van der Waals surface area contributed by atoms with E-state index in [0.29, 0.717) is 0 Å². The van der Waals surface area contributed by atoms with Gasteiger partial charge < -0.3 is 4.90 Å². The van der Waals surface area contributed by atoms with Gasteiger partial charge in [-0.15, -0.1) is 11.3 Å². The molecule has 0 saturated heterocycles. The van der Waals surface area contributed by atoms with Gasteiger partial charge in [0.15, 0.2) is 0 Å². The molecule has 0 N–H and O–H groups in total. The molecule has 1 aromatic heterocycles. The van der Waals surface area contributed by atoms with Gasteiger partial charge in [-0.3, -0.25) is 0 Å². The lowest BCUT2D eigenvalue weighted by Gasteiger charge is -2.34. The van der Waals surface area contributed by atoms with Crippen LogP contribution in [0.15, 0.2) is 273 Å². The largest absolute Gasteiger partial charge is 0.310 e. The summed E-state index contributed by atoms with van der Waals surface area (Å²) in [5.41, 5.74) is 20.2. The first-order valence-electron chi connectivity index (χ1n) is 24.2. The van der Waals surface area contributed by atoms with E-state index in [1.807, 2.05) is 11.3 Å². The third-order valence-electron chi connectivity index (χ3n) is 15.2. The van der Waals surface area contributed by atoms with Crippen molar-refractivity contribution in [3.05, 3.63) is 317 Å². The summed E-state index contributed by atoms with van der Waals surface area (Å²) in [5.74, 6) is 0. The fourth-order valence-corrected chi connectivity index (χ4v) is 13.4. The van der Waals surface area contributed by atoms with E-state index in [1.54, 1.807) is 0 Å². The molecular weight excluding hydrogens is 863 g/mol. The predicted molar refractivity (Wildman–Crippen MR) is 294 cm³/mol. The van der Waals surface area contributed by atoms with Gasteiger partial charge >= 0.3 is 0 Å². The van der Waals surface area contributed by atoms with E-state index in [2.05, 4.69) is 278 Å². The van der Waals surface area contributed by atoms with Crippen molar-refractivity contribution in [3.8, 4) is 33.4 Å². The fourth-order valence-electron chi connectivity index (χ4n) is 12.3. The van der Waals surface area contributed by atoms with Crippen molar-refractivity contribution in [1.82, 2.24) is 0 Å². The SMILES string of the molecule is c1ccc(C2(c3ccccc3)c3ccccc3-c3cc(N(c4ccc(-c5ccc6c(c5)C(c5ccccc5)(c5ccccc5)c5ccccc5-6)cc4)c4ccc5sc6ccccc6c5c4)ccc32)cc1. The molecule has 0 bridgehead atoms. The van der Waals surface area contributed by atoms with Gasteiger partial charge in [0.25, 0.3) is 0 Å². The van der Waals surface area contributed by atoms with Crippen LogP contribution in [0.25, 0.3) is 53.6 Å². The molecule has 2 heteroatoms. The summed E-state index contributed by atoms with van der Waals surface area (Å²) in [4.78, 5) is 2.46. The maximum absolute atomic E-state index is 2.46. The Bertz CT molecular complexity index is 3850. The van der Waals surface area contributed by atoms with Gasteiger partial charge in [-0.2, -0.15) is 0 Å². The molecule has 12 aromatic rings. The van der Waals surface area contributed by atoms with Crippen molar-refractivity contribution < 1.29 is 0 Å². The molecule has 0 unspecified atom stereocenters. The van der Waals surface area contributed by atoms with Gasteiger partial charge in [-0.25, -0.2) is 0 Å². The van der Waals surface area contributed by atoms with E-state index < -0.39 is 10.8 Å². The van der Waals surface area contributed by atoms with Crippen molar-refractivity contribution in [2.45, 2.75) is 10.8 Å². The molecule has 1 heterocycles. The van der Waals surface area contributed by atoms with Crippen LogP contribution in [0.5, 0.6) is 0 Å². The molecule has 2 aliphatic rings. The monoisotopic (exact) mass is 907 g/mol. The van der Waals surface area contributed by atoms with E-state index in [4.69, 9.17) is 0 Å².